The first-order chi connectivity index (χ1) is 7.80. The van der Waals surface area contributed by atoms with Crippen molar-refractivity contribution in [2.45, 2.75) is 58.4 Å². The Morgan fingerprint density at radius 2 is 1.94 bits per heavy atom. The smallest absolute Gasteiger partial charge is 0.126 e. The SMILES string of the molecule is C[C@H](N)CCCc1ccc(F)c(C(C)(C)C)c1. The molecule has 0 fully saturated rings. The van der Waals surface area contributed by atoms with Gasteiger partial charge in [-0.25, -0.2) is 4.39 Å². The lowest BCUT2D eigenvalue weighted by molar-refractivity contribution is 0.521. The van der Waals surface area contributed by atoms with Crippen molar-refractivity contribution in [1.29, 1.82) is 0 Å². The van der Waals surface area contributed by atoms with Crippen LogP contribution in [0.2, 0.25) is 0 Å². The number of nitrogens with two attached hydrogens (primary N) is 1. The molecule has 0 aliphatic carbocycles. The Bertz CT molecular complexity index is 364. The quantitative estimate of drug-likeness (QED) is 0.847. The van der Waals surface area contributed by atoms with Gasteiger partial charge in [0.2, 0.25) is 0 Å². The monoisotopic (exact) mass is 237 g/mol. The lowest BCUT2D eigenvalue weighted by atomic mass is 9.85. The van der Waals surface area contributed by atoms with Crippen LogP contribution in [0.25, 0.3) is 0 Å². The fraction of sp³-hybridized carbons (Fsp3) is 0.600. The van der Waals surface area contributed by atoms with Crippen molar-refractivity contribution in [2.75, 3.05) is 0 Å². The lowest BCUT2D eigenvalue weighted by Gasteiger charge is -2.20. The molecule has 0 bridgehead atoms. The third-order valence-electron chi connectivity index (χ3n) is 2.96. The number of aryl methyl sites for hydroxylation is 1. The van der Waals surface area contributed by atoms with Crippen molar-refractivity contribution in [3.63, 3.8) is 0 Å². The first kappa shape index (κ1) is 14.2. The molecule has 0 amide bonds. The van der Waals surface area contributed by atoms with Gasteiger partial charge >= 0.3 is 0 Å². The van der Waals surface area contributed by atoms with Crippen molar-refractivity contribution in [2.24, 2.45) is 5.73 Å². The molecule has 2 heteroatoms. The maximum Gasteiger partial charge on any atom is 0.126 e. The van der Waals surface area contributed by atoms with Crippen molar-refractivity contribution in [3.8, 4) is 0 Å². The molecule has 0 aromatic heterocycles. The van der Waals surface area contributed by atoms with E-state index in [1.54, 1.807) is 6.07 Å². The van der Waals surface area contributed by atoms with Crippen molar-refractivity contribution < 1.29 is 4.39 Å². The van der Waals surface area contributed by atoms with Crippen molar-refractivity contribution in [1.82, 2.24) is 0 Å². The molecule has 0 unspecified atom stereocenters. The van der Waals surface area contributed by atoms with E-state index < -0.39 is 0 Å². The predicted octanol–water partition coefficient (Wildman–Crippen LogP) is 3.79. The van der Waals surface area contributed by atoms with E-state index >= 15 is 0 Å². The zero-order valence-corrected chi connectivity index (χ0v) is 11.4. The molecule has 0 radical (unpaired) electrons. The predicted molar refractivity (Wildman–Crippen MR) is 71.7 cm³/mol. The molecule has 1 aromatic rings. The number of halogens is 1. The van der Waals surface area contributed by atoms with Crippen LogP contribution in [0.5, 0.6) is 0 Å². The largest absolute Gasteiger partial charge is 0.328 e. The topological polar surface area (TPSA) is 26.0 Å². The van der Waals surface area contributed by atoms with Gasteiger partial charge in [0.1, 0.15) is 5.82 Å². The highest BCUT2D eigenvalue weighted by Gasteiger charge is 2.18. The van der Waals surface area contributed by atoms with E-state index in [2.05, 4.69) is 0 Å². The van der Waals surface area contributed by atoms with Gasteiger partial charge in [0.15, 0.2) is 0 Å². The van der Waals surface area contributed by atoms with Crippen LogP contribution >= 0.6 is 0 Å². The summed E-state index contributed by atoms with van der Waals surface area (Å²) in [5, 5.41) is 0. The summed E-state index contributed by atoms with van der Waals surface area (Å²) in [7, 11) is 0. The molecule has 96 valence electrons. The van der Waals surface area contributed by atoms with Crippen LogP contribution in [0.1, 0.15) is 51.7 Å². The fourth-order valence-electron chi connectivity index (χ4n) is 1.93. The summed E-state index contributed by atoms with van der Waals surface area (Å²) in [5.74, 6) is -0.103. The molecule has 2 N–H and O–H groups in total. The fourth-order valence-corrected chi connectivity index (χ4v) is 1.93. The summed E-state index contributed by atoms with van der Waals surface area (Å²) in [5.41, 5.74) is 7.59. The van der Waals surface area contributed by atoms with E-state index in [0.717, 1.165) is 24.8 Å². The highest BCUT2D eigenvalue weighted by Crippen LogP contribution is 2.26. The molecule has 1 atom stereocenters. The summed E-state index contributed by atoms with van der Waals surface area (Å²) in [6.07, 6.45) is 3.06. The minimum absolute atomic E-state index is 0.103. The Labute approximate surface area is 104 Å². The summed E-state index contributed by atoms with van der Waals surface area (Å²) < 4.78 is 13.7. The van der Waals surface area contributed by atoms with Crippen LogP contribution in [-0.4, -0.2) is 6.04 Å². The van der Waals surface area contributed by atoms with Crippen LogP contribution in [0, 0.1) is 5.82 Å². The van der Waals surface area contributed by atoms with Gasteiger partial charge in [0, 0.05) is 6.04 Å². The van der Waals surface area contributed by atoms with E-state index in [1.165, 1.54) is 5.56 Å². The third-order valence-corrected chi connectivity index (χ3v) is 2.96. The van der Waals surface area contributed by atoms with E-state index in [9.17, 15) is 4.39 Å². The van der Waals surface area contributed by atoms with Gasteiger partial charge in [-0.05, 0) is 48.8 Å². The van der Waals surface area contributed by atoms with Gasteiger partial charge in [-0.1, -0.05) is 32.9 Å². The molecule has 0 aliphatic heterocycles. The molecule has 0 saturated heterocycles. The molecule has 17 heavy (non-hydrogen) atoms. The summed E-state index contributed by atoms with van der Waals surface area (Å²) >= 11 is 0. The second-order valence-electron chi connectivity index (χ2n) is 5.93. The third kappa shape index (κ3) is 4.47. The molecule has 0 aliphatic rings. The average Bonchev–Trinajstić information content (AvgIpc) is 2.18. The average molecular weight is 237 g/mol. The summed E-state index contributed by atoms with van der Waals surface area (Å²) in [6, 6.07) is 5.71. The Hall–Kier alpha value is -0.890. The van der Waals surface area contributed by atoms with E-state index in [-0.39, 0.29) is 17.3 Å². The minimum Gasteiger partial charge on any atom is -0.328 e. The zero-order valence-electron chi connectivity index (χ0n) is 11.4. The second kappa shape index (κ2) is 5.63. The van der Waals surface area contributed by atoms with Gasteiger partial charge in [0.25, 0.3) is 0 Å². The van der Waals surface area contributed by atoms with E-state index in [1.807, 2.05) is 39.8 Å². The van der Waals surface area contributed by atoms with Crippen molar-refractivity contribution in [3.05, 3.63) is 35.1 Å². The van der Waals surface area contributed by atoms with Crippen LogP contribution in [-0.2, 0) is 11.8 Å². The highest BCUT2D eigenvalue weighted by atomic mass is 19.1. The number of hydrogen-bond donors (Lipinski definition) is 1. The first-order valence-corrected chi connectivity index (χ1v) is 6.35. The Kier molecular flexibility index (Phi) is 4.70. The maximum atomic E-state index is 13.7. The van der Waals surface area contributed by atoms with E-state index in [4.69, 9.17) is 5.73 Å². The van der Waals surface area contributed by atoms with Crippen LogP contribution in [0.3, 0.4) is 0 Å². The Morgan fingerprint density at radius 1 is 1.29 bits per heavy atom. The molecule has 0 heterocycles. The molecule has 0 spiro atoms. The molecule has 1 rings (SSSR count). The number of hydrogen-bond acceptors (Lipinski definition) is 1. The van der Waals surface area contributed by atoms with E-state index in [0.29, 0.717) is 0 Å². The standard InChI is InChI=1S/C15H24FN/c1-11(17)6-5-7-12-8-9-14(16)13(10-12)15(2,3)4/h8-11H,5-7,17H2,1-4H3/t11-/m0/s1. The number of rotatable bonds is 4. The second-order valence-corrected chi connectivity index (χ2v) is 5.93. The molecule has 1 nitrogen and oxygen atoms in total. The van der Waals surface area contributed by atoms with Gasteiger partial charge < -0.3 is 5.73 Å². The Balaban J connectivity index is 2.76. The van der Waals surface area contributed by atoms with Crippen molar-refractivity contribution >= 4 is 0 Å². The maximum absolute atomic E-state index is 13.7. The van der Waals surface area contributed by atoms with Gasteiger partial charge in [-0.2, -0.15) is 0 Å². The van der Waals surface area contributed by atoms with Crippen LogP contribution < -0.4 is 5.73 Å². The zero-order chi connectivity index (χ0) is 13.1. The highest BCUT2D eigenvalue weighted by molar-refractivity contribution is 5.30. The normalized spacial score (nSPS) is 13.8. The molecule has 1 aromatic carbocycles. The van der Waals surface area contributed by atoms with Crippen LogP contribution in [0.15, 0.2) is 18.2 Å². The minimum atomic E-state index is -0.138. The first-order valence-electron chi connectivity index (χ1n) is 6.35. The van der Waals surface area contributed by atoms with Gasteiger partial charge in [-0.15, -0.1) is 0 Å². The molecular weight excluding hydrogens is 213 g/mol. The Morgan fingerprint density at radius 3 is 2.47 bits per heavy atom. The van der Waals surface area contributed by atoms with Crippen LogP contribution in [0.4, 0.5) is 4.39 Å². The summed E-state index contributed by atoms with van der Waals surface area (Å²) in [4.78, 5) is 0. The summed E-state index contributed by atoms with van der Waals surface area (Å²) in [6.45, 7) is 8.14. The molecule has 0 saturated carbocycles. The van der Waals surface area contributed by atoms with Gasteiger partial charge in [0.05, 0.1) is 0 Å². The van der Waals surface area contributed by atoms with Gasteiger partial charge in [-0.3, -0.25) is 0 Å². The molecular formula is C15H24FN. The lowest BCUT2D eigenvalue weighted by Crippen LogP contribution is -2.15. The number of benzene rings is 1.